The van der Waals surface area contributed by atoms with Gasteiger partial charge in [-0.05, 0) is 44.2 Å². The summed E-state index contributed by atoms with van der Waals surface area (Å²) >= 11 is 0. The van der Waals surface area contributed by atoms with E-state index in [-0.39, 0.29) is 0 Å². The monoisotopic (exact) mass is 230 g/mol. The average molecular weight is 230 g/mol. The van der Waals surface area contributed by atoms with Crippen molar-refractivity contribution in [2.45, 2.75) is 39.2 Å². The van der Waals surface area contributed by atoms with Crippen molar-refractivity contribution < 1.29 is 0 Å². The number of hydrogen-bond acceptors (Lipinski definition) is 3. The molecular formula is C13H18N4. The second kappa shape index (κ2) is 4.02. The number of aryl methyl sites for hydroxylation is 1. The van der Waals surface area contributed by atoms with Gasteiger partial charge in [-0.2, -0.15) is 4.98 Å². The molecule has 0 spiro atoms. The summed E-state index contributed by atoms with van der Waals surface area (Å²) in [6.45, 7) is 4.35. The number of aromatic nitrogens is 3. The van der Waals surface area contributed by atoms with Crippen LogP contribution < -0.4 is 5.32 Å². The van der Waals surface area contributed by atoms with Crippen LogP contribution in [0.25, 0.3) is 5.65 Å². The van der Waals surface area contributed by atoms with Crippen LogP contribution in [0.3, 0.4) is 0 Å². The fourth-order valence-electron chi connectivity index (χ4n) is 2.62. The van der Waals surface area contributed by atoms with Crippen LogP contribution in [0.5, 0.6) is 0 Å². The minimum absolute atomic E-state index is 0.544. The highest BCUT2D eigenvalue weighted by molar-refractivity contribution is 5.44. The highest BCUT2D eigenvalue weighted by Gasteiger charge is 2.22. The molecule has 4 nitrogen and oxygen atoms in total. The van der Waals surface area contributed by atoms with Gasteiger partial charge >= 0.3 is 0 Å². The van der Waals surface area contributed by atoms with Gasteiger partial charge in [0.15, 0.2) is 5.65 Å². The van der Waals surface area contributed by atoms with Crippen molar-refractivity contribution in [3.05, 3.63) is 23.9 Å². The Labute approximate surface area is 101 Å². The summed E-state index contributed by atoms with van der Waals surface area (Å²) in [5, 5.41) is 7.94. The summed E-state index contributed by atoms with van der Waals surface area (Å²) in [6, 6.07) is 6.59. The van der Waals surface area contributed by atoms with Crippen LogP contribution in [0.15, 0.2) is 18.2 Å². The van der Waals surface area contributed by atoms with Gasteiger partial charge in [0.1, 0.15) is 0 Å². The normalized spacial score (nSPS) is 24.4. The molecule has 0 aromatic carbocycles. The van der Waals surface area contributed by atoms with Crippen molar-refractivity contribution in [1.82, 2.24) is 14.6 Å². The third kappa shape index (κ3) is 1.99. The van der Waals surface area contributed by atoms with Crippen molar-refractivity contribution in [3.8, 4) is 0 Å². The molecule has 0 bridgehead atoms. The molecule has 3 rings (SSSR count). The van der Waals surface area contributed by atoms with Gasteiger partial charge in [-0.1, -0.05) is 13.0 Å². The van der Waals surface area contributed by atoms with Gasteiger partial charge in [-0.3, -0.25) is 0 Å². The molecule has 1 saturated carbocycles. The van der Waals surface area contributed by atoms with E-state index in [4.69, 9.17) is 0 Å². The molecule has 1 N–H and O–H groups in total. The van der Waals surface area contributed by atoms with E-state index in [1.165, 1.54) is 19.3 Å². The lowest BCUT2D eigenvalue weighted by Crippen LogP contribution is -2.16. The second-order valence-electron chi connectivity index (χ2n) is 5.13. The summed E-state index contributed by atoms with van der Waals surface area (Å²) in [6.07, 6.45) is 3.77. The Morgan fingerprint density at radius 3 is 2.94 bits per heavy atom. The summed E-state index contributed by atoms with van der Waals surface area (Å²) < 4.78 is 1.89. The van der Waals surface area contributed by atoms with Crippen LogP contribution in [-0.2, 0) is 0 Å². The predicted octanol–water partition coefficient (Wildman–Crippen LogP) is 2.64. The first kappa shape index (κ1) is 10.6. The topological polar surface area (TPSA) is 42.2 Å². The van der Waals surface area contributed by atoms with Gasteiger partial charge < -0.3 is 5.32 Å². The second-order valence-corrected chi connectivity index (χ2v) is 5.13. The van der Waals surface area contributed by atoms with E-state index in [1.54, 1.807) is 0 Å². The molecule has 2 aromatic heterocycles. The molecule has 90 valence electrons. The zero-order valence-corrected chi connectivity index (χ0v) is 10.3. The average Bonchev–Trinajstić information content (AvgIpc) is 2.86. The summed E-state index contributed by atoms with van der Waals surface area (Å²) in [5.74, 6) is 1.59. The number of anilines is 1. The maximum atomic E-state index is 4.50. The number of nitrogens with one attached hydrogen (secondary N) is 1. The number of pyridine rings is 1. The van der Waals surface area contributed by atoms with Crippen molar-refractivity contribution in [1.29, 1.82) is 0 Å². The van der Waals surface area contributed by atoms with Crippen LogP contribution in [0.4, 0.5) is 5.95 Å². The Hall–Kier alpha value is -1.58. The molecule has 2 aromatic rings. The zero-order chi connectivity index (χ0) is 11.8. The Bertz CT molecular complexity index is 531. The quantitative estimate of drug-likeness (QED) is 0.862. The molecule has 17 heavy (non-hydrogen) atoms. The standard InChI is InChI=1S/C13H18N4/c1-9-6-7-11(8-9)14-13-15-12-5-3-4-10(2)17(12)16-13/h3-5,9,11H,6-8H2,1-2H3,(H,14,16). The smallest absolute Gasteiger partial charge is 0.243 e. The lowest BCUT2D eigenvalue weighted by Gasteiger charge is -2.09. The van der Waals surface area contributed by atoms with Crippen LogP contribution in [0.2, 0.25) is 0 Å². The first-order valence-electron chi connectivity index (χ1n) is 6.31. The highest BCUT2D eigenvalue weighted by Crippen LogP contribution is 2.26. The molecule has 0 radical (unpaired) electrons. The van der Waals surface area contributed by atoms with E-state index in [0.29, 0.717) is 6.04 Å². The van der Waals surface area contributed by atoms with Crippen LogP contribution in [-0.4, -0.2) is 20.6 Å². The molecule has 1 fully saturated rings. The maximum Gasteiger partial charge on any atom is 0.243 e. The SMILES string of the molecule is Cc1cccc2nc(NC3CCC(C)C3)nn12. The Kier molecular flexibility index (Phi) is 2.50. The first-order chi connectivity index (χ1) is 8.22. The van der Waals surface area contributed by atoms with Gasteiger partial charge in [-0.25, -0.2) is 4.52 Å². The molecular weight excluding hydrogens is 212 g/mol. The van der Waals surface area contributed by atoms with Gasteiger partial charge in [0.05, 0.1) is 0 Å². The Morgan fingerprint density at radius 2 is 2.24 bits per heavy atom. The fraction of sp³-hybridized carbons (Fsp3) is 0.538. The van der Waals surface area contributed by atoms with Gasteiger partial charge in [0.2, 0.25) is 5.95 Å². The van der Waals surface area contributed by atoms with E-state index in [9.17, 15) is 0 Å². The summed E-state index contributed by atoms with van der Waals surface area (Å²) in [5.41, 5.74) is 2.03. The van der Waals surface area contributed by atoms with Crippen molar-refractivity contribution >= 4 is 11.6 Å². The molecule has 0 saturated heterocycles. The number of fused-ring (bicyclic) bond motifs is 1. The van der Waals surface area contributed by atoms with Crippen LogP contribution in [0.1, 0.15) is 31.9 Å². The molecule has 0 aliphatic heterocycles. The highest BCUT2D eigenvalue weighted by atomic mass is 15.4. The largest absolute Gasteiger partial charge is 0.350 e. The fourth-order valence-corrected chi connectivity index (χ4v) is 2.62. The molecule has 2 heterocycles. The molecule has 1 aliphatic rings. The third-order valence-corrected chi connectivity index (χ3v) is 3.58. The van der Waals surface area contributed by atoms with Gasteiger partial charge in [0.25, 0.3) is 0 Å². The third-order valence-electron chi connectivity index (χ3n) is 3.58. The molecule has 0 amide bonds. The summed E-state index contributed by atoms with van der Waals surface area (Å²) in [4.78, 5) is 4.50. The molecule has 1 aliphatic carbocycles. The predicted molar refractivity (Wildman–Crippen MR) is 68.1 cm³/mol. The Balaban J connectivity index is 1.84. The minimum atomic E-state index is 0.544. The van der Waals surface area contributed by atoms with Crippen molar-refractivity contribution in [3.63, 3.8) is 0 Å². The number of hydrogen-bond donors (Lipinski definition) is 1. The van der Waals surface area contributed by atoms with E-state index < -0.39 is 0 Å². The number of rotatable bonds is 2. The zero-order valence-electron chi connectivity index (χ0n) is 10.3. The van der Waals surface area contributed by atoms with Gasteiger partial charge in [-0.15, -0.1) is 5.10 Å². The number of nitrogens with zero attached hydrogens (tertiary/aromatic N) is 3. The molecule has 2 atom stereocenters. The lowest BCUT2D eigenvalue weighted by molar-refractivity contribution is 0.601. The molecule has 2 unspecified atom stereocenters. The van der Waals surface area contributed by atoms with Crippen LogP contribution in [0, 0.1) is 12.8 Å². The van der Waals surface area contributed by atoms with Crippen LogP contribution >= 0.6 is 0 Å². The molecule has 4 heteroatoms. The maximum absolute atomic E-state index is 4.50. The van der Waals surface area contributed by atoms with E-state index in [2.05, 4.69) is 22.3 Å². The lowest BCUT2D eigenvalue weighted by atomic mass is 10.1. The van der Waals surface area contributed by atoms with E-state index in [1.807, 2.05) is 29.6 Å². The van der Waals surface area contributed by atoms with Gasteiger partial charge in [0, 0.05) is 11.7 Å². The first-order valence-corrected chi connectivity index (χ1v) is 6.31. The minimum Gasteiger partial charge on any atom is -0.350 e. The van der Waals surface area contributed by atoms with Crippen molar-refractivity contribution in [2.75, 3.05) is 5.32 Å². The van der Waals surface area contributed by atoms with E-state index in [0.717, 1.165) is 23.2 Å². The van der Waals surface area contributed by atoms with Crippen molar-refractivity contribution in [2.24, 2.45) is 5.92 Å². The van der Waals surface area contributed by atoms with E-state index >= 15 is 0 Å². The summed E-state index contributed by atoms with van der Waals surface area (Å²) in [7, 11) is 0. The Morgan fingerprint density at radius 1 is 1.35 bits per heavy atom.